The van der Waals surface area contributed by atoms with Crippen molar-refractivity contribution >= 4 is 11.7 Å². The number of anilines is 1. The number of nitrogens with zero attached hydrogens (tertiary/aromatic N) is 6. The Bertz CT molecular complexity index is 1440. The Balaban J connectivity index is 1.64. The average Bonchev–Trinajstić information content (AvgIpc) is 3.31. The first kappa shape index (κ1) is 23.8. The minimum atomic E-state index is -4.57. The molecule has 4 aromatic heterocycles. The maximum Gasteiger partial charge on any atom is 0.433 e. The van der Waals surface area contributed by atoms with Crippen LogP contribution in [-0.2, 0) is 13.2 Å². The van der Waals surface area contributed by atoms with E-state index in [9.17, 15) is 22.8 Å². The molecule has 4 aromatic rings. The van der Waals surface area contributed by atoms with Gasteiger partial charge in [0.1, 0.15) is 29.1 Å². The molecule has 0 aliphatic heterocycles. The van der Waals surface area contributed by atoms with Crippen LogP contribution in [0.3, 0.4) is 0 Å². The molecule has 1 N–H and O–H groups in total. The molecule has 0 unspecified atom stereocenters. The molecule has 4 heterocycles. The Hall–Kier alpha value is -4.35. The van der Waals surface area contributed by atoms with Crippen molar-refractivity contribution in [2.45, 2.75) is 26.1 Å². The molecular weight excluding hydrogens is 463 g/mol. The number of aromatic nitrogens is 6. The van der Waals surface area contributed by atoms with Gasteiger partial charge < -0.3 is 14.5 Å². The van der Waals surface area contributed by atoms with E-state index in [2.05, 4.69) is 25.5 Å². The molecule has 35 heavy (non-hydrogen) atoms. The second kappa shape index (κ2) is 9.12. The third-order valence-corrected chi connectivity index (χ3v) is 5.16. The summed E-state index contributed by atoms with van der Waals surface area (Å²) in [6.07, 6.45) is -0.531. The predicted molar refractivity (Wildman–Crippen MR) is 122 cm³/mol. The monoisotopic (exact) mass is 483 g/mol. The fourth-order valence-corrected chi connectivity index (χ4v) is 3.38. The van der Waals surface area contributed by atoms with Crippen molar-refractivity contribution in [3.63, 3.8) is 0 Å². The van der Waals surface area contributed by atoms with E-state index in [0.717, 1.165) is 12.3 Å². The van der Waals surface area contributed by atoms with Gasteiger partial charge in [0.25, 0.3) is 11.5 Å². The highest BCUT2D eigenvalue weighted by Gasteiger charge is 2.32. The number of aryl methyl sites for hydroxylation is 1. The fourth-order valence-electron chi connectivity index (χ4n) is 3.38. The molecule has 0 bridgehead atoms. The van der Waals surface area contributed by atoms with Crippen LogP contribution in [0.4, 0.5) is 19.0 Å². The zero-order valence-electron chi connectivity index (χ0n) is 18.9. The molecule has 0 saturated carbocycles. The SMILES string of the molecule is CC(C)n1cnnc1-c1cccc(NC(=O)c2cc(-c3ccc(C(F)(F)F)nc3)cn(C)c2=O)n1. The van der Waals surface area contributed by atoms with Crippen LogP contribution in [0.2, 0.25) is 0 Å². The number of amides is 1. The van der Waals surface area contributed by atoms with Gasteiger partial charge in [0.15, 0.2) is 5.82 Å². The van der Waals surface area contributed by atoms with Crippen molar-refractivity contribution < 1.29 is 18.0 Å². The van der Waals surface area contributed by atoms with Crippen LogP contribution >= 0.6 is 0 Å². The summed E-state index contributed by atoms with van der Waals surface area (Å²) in [5.41, 5.74) is -0.680. The number of pyridine rings is 3. The van der Waals surface area contributed by atoms with Crippen LogP contribution < -0.4 is 10.9 Å². The molecule has 0 aliphatic rings. The third-order valence-electron chi connectivity index (χ3n) is 5.16. The molecular formula is C23H20F3N7O2. The lowest BCUT2D eigenvalue weighted by atomic mass is 10.1. The van der Waals surface area contributed by atoms with Crippen molar-refractivity contribution in [3.05, 3.63) is 76.7 Å². The van der Waals surface area contributed by atoms with Crippen molar-refractivity contribution in [2.75, 3.05) is 5.32 Å². The quantitative estimate of drug-likeness (QED) is 0.461. The summed E-state index contributed by atoms with van der Waals surface area (Å²) in [6.45, 7) is 3.93. The van der Waals surface area contributed by atoms with Gasteiger partial charge in [-0.3, -0.25) is 14.6 Å². The number of hydrogen-bond donors (Lipinski definition) is 1. The summed E-state index contributed by atoms with van der Waals surface area (Å²) in [5, 5.41) is 10.6. The first-order valence-corrected chi connectivity index (χ1v) is 10.5. The van der Waals surface area contributed by atoms with Crippen LogP contribution in [0.25, 0.3) is 22.6 Å². The molecule has 0 saturated heterocycles. The fraction of sp³-hybridized carbons (Fsp3) is 0.217. The van der Waals surface area contributed by atoms with Gasteiger partial charge >= 0.3 is 6.18 Å². The summed E-state index contributed by atoms with van der Waals surface area (Å²) < 4.78 is 41.5. The van der Waals surface area contributed by atoms with E-state index in [0.29, 0.717) is 22.6 Å². The van der Waals surface area contributed by atoms with Crippen molar-refractivity contribution in [1.82, 2.24) is 29.3 Å². The van der Waals surface area contributed by atoms with Gasteiger partial charge in [-0.2, -0.15) is 13.2 Å². The maximum atomic E-state index is 13.0. The molecule has 1 amide bonds. The van der Waals surface area contributed by atoms with Gasteiger partial charge in [0, 0.05) is 36.6 Å². The Morgan fingerprint density at radius 1 is 1.11 bits per heavy atom. The van der Waals surface area contributed by atoms with Gasteiger partial charge in [-0.1, -0.05) is 12.1 Å². The van der Waals surface area contributed by atoms with Gasteiger partial charge in [0.2, 0.25) is 0 Å². The highest BCUT2D eigenvalue weighted by Crippen LogP contribution is 2.29. The van der Waals surface area contributed by atoms with E-state index in [1.807, 2.05) is 18.4 Å². The van der Waals surface area contributed by atoms with Crippen molar-refractivity contribution in [1.29, 1.82) is 0 Å². The van der Waals surface area contributed by atoms with Crippen LogP contribution in [0.15, 0.2) is 59.9 Å². The first-order valence-electron chi connectivity index (χ1n) is 10.5. The topological polar surface area (TPSA) is 108 Å². The summed E-state index contributed by atoms with van der Waals surface area (Å²) in [4.78, 5) is 33.5. The second-order valence-corrected chi connectivity index (χ2v) is 8.01. The molecule has 180 valence electrons. The number of alkyl halides is 3. The largest absolute Gasteiger partial charge is 0.433 e. The second-order valence-electron chi connectivity index (χ2n) is 8.01. The number of halogens is 3. The Labute approximate surface area is 197 Å². The molecule has 9 nitrogen and oxygen atoms in total. The summed E-state index contributed by atoms with van der Waals surface area (Å²) >= 11 is 0. The normalized spacial score (nSPS) is 11.6. The number of hydrogen-bond acceptors (Lipinski definition) is 6. The van der Waals surface area contributed by atoms with Gasteiger partial charge in [-0.15, -0.1) is 10.2 Å². The zero-order valence-corrected chi connectivity index (χ0v) is 18.9. The Morgan fingerprint density at radius 2 is 1.89 bits per heavy atom. The van der Waals surface area contributed by atoms with Crippen LogP contribution in [0.5, 0.6) is 0 Å². The molecule has 0 spiro atoms. The number of nitrogens with one attached hydrogen (secondary N) is 1. The minimum absolute atomic E-state index is 0.0884. The number of rotatable bonds is 5. The van der Waals surface area contributed by atoms with Crippen LogP contribution in [0.1, 0.15) is 35.9 Å². The van der Waals surface area contributed by atoms with E-state index in [-0.39, 0.29) is 17.4 Å². The zero-order chi connectivity index (χ0) is 25.3. The van der Waals surface area contributed by atoms with Crippen LogP contribution in [-0.4, -0.2) is 35.2 Å². The molecule has 0 aromatic carbocycles. The lowest BCUT2D eigenvalue weighted by Crippen LogP contribution is -2.27. The summed E-state index contributed by atoms with van der Waals surface area (Å²) in [6, 6.07) is 8.42. The molecule has 0 atom stereocenters. The molecule has 0 aliphatic carbocycles. The lowest BCUT2D eigenvalue weighted by Gasteiger charge is -2.12. The predicted octanol–water partition coefficient (Wildman–Crippen LogP) is 3.95. The van der Waals surface area contributed by atoms with E-state index >= 15 is 0 Å². The highest BCUT2D eigenvalue weighted by molar-refractivity contribution is 6.04. The Kier molecular flexibility index (Phi) is 6.20. The summed E-state index contributed by atoms with van der Waals surface area (Å²) in [7, 11) is 1.44. The molecule has 4 rings (SSSR count). The van der Waals surface area contributed by atoms with E-state index in [4.69, 9.17) is 0 Å². The van der Waals surface area contributed by atoms with E-state index < -0.39 is 23.3 Å². The van der Waals surface area contributed by atoms with Crippen molar-refractivity contribution in [3.8, 4) is 22.6 Å². The lowest BCUT2D eigenvalue weighted by molar-refractivity contribution is -0.141. The van der Waals surface area contributed by atoms with Gasteiger partial charge in [-0.25, -0.2) is 4.98 Å². The summed E-state index contributed by atoms with van der Waals surface area (Å²) in [5.74, 6) is -0.0134. The third kappa shape index (κ3) is 4.95. The van der Waals surface area contributed by atoms with Crippen LogP contribution in [0, 0.1) is 0 Å². The van der Waals surface area contributed by atoms with Crippen molar-refractivity contribution in [2.24, 2.45) is 7.05 Å². The first-order chi connectivity index (χ1) is 16.5. The standard InChI is InChI=1S/C23H20F3N7O2/c1-13(2)33-12-28-31-20(33)17-5-4-6-19(29-17)30-21(34)16-9-15(11-32(3)22(16)35)14-7-8-18(27-10-14)23(24,25)26/h4-13H,1-3H3,(H,29,30,34). The highest BCUT2D eigenvalue weighted by atomic mass is 19.4. The maximum absolute atomic E-state index is 13.0. The molecule has 0 fully saturated rings. The van der Waals surface area contributed by atoms with Gasteiger partial charge in [-0.05, 0) is 38.1 Å². The van der Waals surface area contributed by atoms with E-state index in [1.54, 1.807) is 24.5 Å². The van der Waals surface area contributed by atoms with E-state index in [1.165, 1.54) is 29.9 Å². The molecule has 12 heteroatoms. The number of carbonyl (C=O) groups is 1. The Morgan fingerprint density at radius 3 is 2.54 bits per heavy atom. The molecule has 0 radical (unpaired) electrons. The average molecular weight is 483 g/mol. The smallest absolute Gasteiger partial charge is 0.317 e. The number of carbonyl (C=O) groups excluding carboxylic acids is 1. The minimum Gasteiger partial charge on any atom is -0.317 e. The van der Waals surface area contributed by atoms with Gasteiger partial charge in [0.05, 0.1) is 0 Å².